The number of carbonyl (C=O) groups excluding carboxylic acids is 2. The number of H-pyrrole nitrogens is 1. The molecule has 2 aliphatic heterocycles. The topological polar surface area (TPSA) is 86.4 Å². The first-order chi connectivity index (χ1) is 15.9. The maximum atomic E-state index is 14.7. The number of amides is 2. The van der Waals surface area contributed by atoms with E-state index in [1.807, 2.05) is 17.0 Å². The van der Waals surface area contributed by atoms with Crippen molar-refractivity contribution >= 4 is 22.6 Å². The summed E-state index contributed by atoms with van der Waals surface area (Å²) >= 11 is 0. The van der Waals surface area contributed by atoms with E-state index in [2.05, 4.69) is 10.2 Å². The van der Waals surface area contributed by atoms with Gasteiger partial charge in [-0.2, -0.15) is 5.10 Å². The number of hydrogen-bond donors (Lipinski definition) is 1. The Hall–Kier alpha value is -3.55. The third kappa shape index (κ3) is 3.23. The van der Waals surface area contributed by atoms with Crippen LogP contribution >= 0.6 is 0 Å². The molecule has 0 atom stereocenters. The quantitative estimate of drug-likeness (QED) is 0.667. The lowest BCUT2D eigenvalue weighted by molar-refractivity contribution is -0.155. The van der Waals surface area contributed by atoms with E-state index in [1.165, 1.54) is 6.07 Å². The highest BCUT2D eigenvalue weighted by Gasteiger charge is 2.57. The molecule has 1 saturated carbocycles. The van der Waals surface area contributed by atoms with E-state index in [-0.39, 0.29) is 34.4 Å². The molecule has 3 fully saturated rings. The summed E-state index contributed by atoms with van der Waals surface area (Å²) in [4.78, 5) is 41.1. The molecule has 7 nitrogen and oxygen atoms in total. The van der Waals surface area contributed by atoms with Crippen LogP contribution in [0.4, 0.5) is 4.39 Å². The van der Waals surface area contributed by atoms with Crippen LogP contribution in [0.1, 0.15) is 40.9 Å². The Balaban J connectivity index is 1.24. The highest BCUT2D eigenvalue weighted by Crippen LogP contribution is 2.43. The van der Waals surface area contributed by atoms with Crippen molar-refractivity contribution in [2.75, 3.05) is 19.6 Å². The minimum Gasteiger partial charge on any atom is -0.338 e. The fourth-order valence-electron chi connectivity index (χ4n) is 5.09. The number of aromatic nitrogens is 2. The molecule has 2 amide bonds. The first-order valence-corrected chi connectivity index (χ1v) is 11.3. The summed E-state index contributed by atoms with van der Waals surface area (Å²) in [5, 5.41) is 7.97. The van der Waals surface area contributed by atoms with Gasteiger partial charge in [0.25, 0.3) is 11.5 Å². The van der Waals surface area contributed by atoms with E-state index in [4.69, 9.17) is 0 Å². The third-order valence-electron chi connectivity index (χ3n) is 7.23. The summed E-state index contributed by atoms with van der Waals surface area (Å²) in [7, 11) is 0. The molecule has 0 radical (unpaired) electrons. The molecule has 6 rings (SSSR count). The van der Waals surface area contributed by atoms with Crippen LogP contribution in [0.5, 0.6) is 0 Å². The summed E-state index contributed by atoms with van der Waals surface area (Å²) in [5.41, 5.74) is 0.817. The number of fused-ring (bicyclic) bond motifs is 1. The fourth-order valence-corrected chi connectivity index (χ4v) is 5.09. The van der Waals surface area contributed by atoms with Crippen LogP contribution in [0, 0.1) is 11.7 Å². The zero-order valence-electron chi connectivity index (χ0n) is 18.0. The minimum absolute atomic E-state index is 0.0345. The predicted molar refractivity (Wildman–Crippen MR) is 119 cm³/mol. The van der Waals surface area contributed by atoms with Crippen molar-refractivity contribution in [3.63, 3.8) is 0 Å². The molecule has 3 aliphatic rings. The molecule has 33 heavy (non-hydrogen) atoms. The molecular weight excluding hydrogens is 423 g/mol. The van der Waals surface area contributed by atoms with Gasteiger partial charge in [0.2, 0.25) is 5.91 Å². The van der Waals surface area contributed by atoms with Gasteiger partial charge in [0.1, 0.15) is 5.82 Å². The number of benzene rings is 2. The standard InChI is InChI=1S/C25H23FN4O3/c26-20-8-5-15(12-21-17-3-1-2-4-18(17)22(31)28-27-21)11-19(20)24(33)30-10-9-25(30)13-29(14-25)23(32)16-6-7-16/h1-5,8,11,16H,6-7,9-10,12-14H2,(H,28,31). The molecule has 2 saturated heterocycles. The number of likely N-dealkylation sites (tertiary alicyclic amines) is 2. The van der Waals surface area contributed by atoms with Crippen LogP contribution in [0.3, 0.4) is 0 Å². The van der Waals surface area contributed by atoms with E-state index in [1.54, 1.807) is 29.2 Å². The van der Waals surface area contributed by atoms with Crippen LogP contribution in [0.15, 0.2) is 47.3 Å². The highest BCUT2D eigenvalue weighted by molar-refractivity contribution is 5.96. The van der Waals surface area contributed by atoms with E-state index >= 15 is 0 Å². The maximum absolute atomic E-state index is 14.7. The first-order valence-electron chi connectivity index (χ1n) is 11.3. The van der Waals surface area contributed by atoms with Crippen LogP contribution in [0.2, 0.25) is 0 Å². The maximum Gasteiger partial charge on any atom is 0.272 e. The second kappa shape index (κ2) is 7.23. The lowest BCUT2D eigenvalue weighted by Crippen LogP contribution is -2.78. The number of carbonyl (C=O) groups is 2. The van der Waals surface area contributed by atoms with Crippen molar-refractivity contribution in [1.29, 1.82) is 0 Å². The Morgan fingerprint density at radius 2 is 1.88 bits per heavy atom. The Morgan fingerprint density at radius 3 is 2.58 bits per heavy atom. The smallest absolute Gasteiger partial charge is 0.272 e. The number of aromatic amines is 1. The summed E-state index contributed by atoms with van der Waals surface area (Å²) in [6, 6.07) is 11.7. The SMILES string of the molecule is O=C(C1CC1)N1CC2(CCN2C(=O)c2cc(Cc3n[nH]c(=O)c4ccccc34)ccc2F)C1. The van der Waals surface area contributed by atoms with E-state index < -0.39 is 5.82 Å². The van der Waals surface area contributed by atoms with Gasteiger partial charge < -0.3 is 9.80 Å². The van der Waals surface area contributed by atoms with Crippen LogP contribution in [0.25, 0.3) is 10.8 Å². The molecule has 1 aliphatic carbocycles. The van der Waals surface area contributed by atoms with Crippen molar-refractivity contribution in [2.24, 2.45) is 5.92 Å². The lowest BCUT2D eigenvalue weighted by atomic mass is 9.76. The Morgan fingerprint density at radius 1 is 1.12 bits per heavy atom. The average Bonchev–Trinajstić information content (AvgIpc) is 3.61. The zero-order chi connectivity index (χ0) is 22.7. The largest absolute Gasteiger partial charge is 0.338 e. The minimum atomic E-state index is -0.560. The van der Waals surface area contributed by atoms with Gasteiger partial charge in [-0.1, -0.05) is 24.3 Å². The zero-order valence-corrected chi connectivity index (χ0v) is 18.0. The van der Waals surface area contributed by atoms with E-state index in [0.717, 1.165) is 30.2 Å². The Kier molecular flexibility index (Phi) is 4.40. The van der Waals surface area contributed by atoms with Crippen molar-refractivity contribution in [2.45, 2.75) is 31.2 Å². The summed E-state index contributed by atoms with van der Waals surface area (Å²) < 4.78 is 14.7. The van der Waals surface area contributed by atoms with E-state index in [0.29, 0.717) is 37.1 Å². The summed E-state index contributed by atoms with van der Waals surface area (Å²) in [6.07, 6.45) is 3.11. The number of halogens is 1. The van der Waals surface area contributed by atoms with Gasteiger partial charge >= 0.3 is 0 Å². The monoisotopic (exact) mass is 446 g/mol. The van der Waals surface area contributed by atoms with Gasteiger partial charge in [-0.25, -0.2) is 9.49 Å². The van der Waals surface area contributed by atoms with Gasteiger partial charge in [-0.15, -0.1) is 0 Å². The number of nitrogens with zero attached hydrogens (tertiary/aromatic N) is 3. The Labute approximate surface area is 189 Å². The first kappa shape index (κ1) is 20.1. The van der Waals surface area contributed by atoms with Crippen LogP contribution in [-0.4, -0.2) is 57.0 Å². The lowest BCUT2D eigenvalue weighted by Gasteiger charge is -2.62. The molecular formula is C25H23FN4O3. The summed E-state index contributed by atoms with van der Waals surface area (Å²) in [6.45, 7) is 1.66. The number of nitrogens with one attached hydrogen (secondary N) is 1. The normalized spacial score (nSPS) is 18.8. The van der Waals surface area contributed by atoms with Gasteiger partial charge in [0, 0.05) is 37.4 Å². The van der Waals surface area contributed by atoms with E-state index in [9.17, 15) is 18.8 Å². The second-order valence-corrected chi connectivity index (χ2v) is 9.44. The van der Waals surface area contributed by atoms with Crippen molar-refractivity contribution in [3.8, 4) is 0 Å². The van der Waals surface area contributed by atoms with Gasteiger partial charge in [0.05, 0.1) is 22.2 Å². The highest BCUT2D eigenvalue weighted by atomic mass is 19.1. The molecule has 2 aromatic carbocycles. The molecule has 0 bridgehead atoms. The van der Waals surface area contributed by atoms with Crippen molar-refractivity contribution < 1.29 is 14.0 Å². The molecule has 1 spiro atoms. The number of hydrogen-bond acceptors (Lipinski definition) is 4. The average molecular weight is 446 g/mol. The van der Waals surface area contributed by atoms with Gasteiger partial charge in [0.15, 0.2) is 0 Å². The third-order valence-corrected chi connectivity index (χ3v) is 7.23. The van der Waals surface area contributed by atoms with Crippen LogP contribution < -0.4 is 5.56 Å². The van der Waals surface area contributed by atoms with Crippen molar-refractivity contribution in [3.05, 3.63) is 75.5 Å². The molecule has 0 unspecified atom stereocenters. The fraction of sp³-hybridized carbons (Fsp3) is 0.360. The second-order valence-electron chi connectivity index (χ2n) is 9.44. The Bertz CT molecular complexity index is 1360. The van der Waals surface area contributed by atoms with Crippen molar-refractivity contribution in [1.82, 2.24) is 20.0 Å². The molecule has 1 aromatic heterocycles. The number of rotatable bonds is 4. The summed E-state index contributed by atoms with van der Waals surface area (Å²) in [5.74, 6) is -0.541. The molecule has 8 heteroatoms. The molecule has 3 heterocycles. The molecule has 168 valence electrons. The van der Waals surface area contributed by atoms with Gasteiger partial charge in [-0.3, -0.25) is 14.4 Å². The van der Waals surface area contributed by atoms with Crippen LogP contribution in [-0.2, 0) is 11.2 Å². The molecule has 3 aromatic rings. The van der Waals surface area contributed by atoms with Gasteiger partial charge in [-0.05, 0) is 43.0 Å². The molecule has 1 N–H and O–H groups in total. The predicted octanol–water partition coefficient (Wildman–Crippen LogP) is 2.49.